The molecule has 0 spiro atoms. The maximum Gasteiger partial charge on any atom is 0.131 e. The quantitative estimate of drug-likeness (QED) is 0.883. The predicted molar refractivity (Wildman–Crippen MR) is 74.2 cm³/mol. The minimum atomic E-state index is -0.0286. The molecule has 0 aliphatic rings. The monoisotopic (exact) mass is 279 g/mol. The van der Waals surface area contributed by atoms with Crippen molar-refractivity contribution in [3.05, 3.63) is 45.9 Å². The summed E-state index contributed by atoms with van der Waals surface area (Å²) in [6.45, 7) is 2.33. The van der Waals surface area contributed by atoms with Crippen LogP contribution in [0, 0.1) is 0 Å². The molecule has 0 aliphatic carbocycles. The van der Waals surface area contributed by atoms with E-state index in [1.807, 2.05) is 36.6 Å². The first-order valence-electron chi connectivity index (χ1n) is 6.03. The summed E-state index contributed by atoms with van der Waals surface area (Å²) in [6, 6.07) is 7.44. The molecule has 2 rings (SSSR count). The van der Waals surface area contributed by atoms with Crippen LogP contribution in [0.4, 0.5) is 0 Å². The largest absolute Gasteiger partial charge is 0.487 e. The van der Waals surface area contributed by atoms with Crippen LogP contribution in [-0.2, 0) is 18.0 Å². The van der Waals surface area contributed by atoms with E-state index in [-0.39, 0.29) is 12.7 Å². The molecule has 1 N–H and O–H groups in total. The highest BCUT2D eigenvalue weighted by molar-refractivity contribution is 7.09. The fourth-order valence-electron chi connectivity index (χ4n) is 1.60. The predicted octanol–water partition coefficient (Wildman–Crippen LogP) is 2.92. The van der Waals surface area contributed by atoms with Gasteiger partial charge in [0, 0.05) is 18.1 Å². The Bertz CT molecular complexity index is 527. The molecular formula is C14H17NO3S. The molecule has 0 saturated carbocycles. The van der Waals surface area contributed by atoms with Crippen molar-refractivity contribution in [2.45, 2.75) is 26.2 Å². The molecule has 1 aromatic heterocycles. The zero-order chi connectivity index (χ0) is 13.7. The van der Waals surface area contributed by atoms with Crippen molar-refractivity contribution >= 4 is 11.3 Å². The molecular weight excluding hydrogens is 262 g/mol. The van der Waals surface area contributed by atoms with Crippen molar-refractivity contribution in [2.24, 2.45) is 0 Å². The summed E-state index contributed by atoms with van der Waals surface area (Å²) in [7, 11) is 1.67. The summed E-state index contributed by atoms with van der Waals surface area (Å²) in [5.74, 6) is 0.694. The van der Waals surface area contributed by atoms with Crippen molar-refractivity contribution in [3.8, 4) is 5.75 Å². The van der Waals surface area contributed by atoms with Gasteiger partial charge in [-0.05, 0) is 13.0 Å². The molecule has 0 aliphatic heterocycles. The number of para-hydroxylation sites is 1. The molecule has 0 unspecified atom stereocenters. The van der Waals surface area contributed by atoms with E-state index in [9.17, 15) is 5.11 Å². The van der Waals surface area contributed by atoms with Crippen molar-refractivity contribution in [1.82, 2.24) is 4.98 Å². The summed E-state index contributed by atoms with van der Waals surface area (Å²) in [4.78, 5) is 4.46. The Balaban J connectivity index is 2.00. The fraction of sp³-hybridized carbons (Fsp3) is 0.357. The van der Waals surface area contributed by atoms with E-state index in [2.05, 4.69) is 4.98 Å². The maximum absolute atomic E-state index is 9.21. The third-order valence-corrected chi connectivity index (χ3v) is 3.84. The SMILES string of the molecule is CO[C@H](C)c1nc(COc2ccccc2CO)cs1. The Morgan fingerprint density at radius 1 is 1.37 bits per heavy atom. The van der Waals surface area contributed by atoms with E-state index in [1.165, 1.54) is 0 Å². The summed E-state index contributed by atoms with van der Waals surface area (Å²) in [5, 5.41) is 12.1. The normalized spacial score (nSPS) is 12.4. The highest BCUT2D eigenvalue weighted by atomic mass is 32.1. The minimum absolute atomic E-state index is 0.00322. The lowest BCUT2D eigenvalue weighted by molar-refractivity contribution is 0.119. The minimum Gasteiger partial charge on any atom is -0.487 e. The lowest BCUT2D eigenvalue weighted by Gasteiger charge is -2.08. The lowest BCUT2D eigenvalue weighted by Crippen LogP contribution is -2.00. The third-order valence-electron chi connectivity index (χ3n) is 2.79. The fourth-order valence-corrected chi connectivity index (χ4v) is 2.44. The van der Waals surface area contributed by atoms with Crippen LogP contribution in [0.3, 0.4) is 0 Å². The average Bonchev–Trinajstić information content (AvgIpc) is 2.93. The Morgan fingerprint density at radius 2 is 2.16 bits per heavy atom. The number of methoxy groups -OCH3 is 1. The highest BCUT2D eigenvalue weighted by Crippen LogP contribution is 2.22. The summed E-state index contributed by atoms with van der Waals surface area (Å²) in [6.07, 6.45) is 0.00322. The number of hydrogen-bond donors (Lipinski definition) is 1. The van der Waals surface area contributed by atoms with Gasteiger partial charge in [0.15, 0.2) is 0 Å². The molecule has 0 fully saturated rings. The van der Waals surface area contributed by atoms with E-state index in [1.54, 1.807) is 18.4 Å². The van der Waals surface area contributed by atoms with Crippen LogP contribution in [0.25, 0.3) is 0 Å². The van der Waals surface area contributed by atoms with Crippen LogP contribution >= 0.6 is 11.3 Å². The van der Waals surface area contributed by atoms with Crippen molar-refractivity contribution < 1.29 is 14.6 Å². The molecule has 102 valence electrons. The second kappa shape index (κ2) is 6.65. The van der Waals surface area contributed by atoms with Gasteiger partial charge in [-0.15, -0.1) is 11.3 Å². The molecule has 1 heterocycles. The van der Waals surface area contributed by atoms with E-state index < -0.39 is 0 Å². The number of hydrogen-bond acceptors (Lipinski definition) is 5. The molecule has 4 nitrogen and oxygen atoms in total. The van der Waals surface area contributed by atoms with Gasteiger partial charge in [-0.2, -0.15) is 0 Å². The van der Waals surface area contributed by atoms with Crippen molar-refractivity contribution in [3.63, 3.8) is 0 Å². The number of aromatic nitrogens is 1. The molecule has 0 amide bonds. The van der Waals surface area contributed by atoms with E-state index in [0.717, 1.165) is 16.3 Å². The van der Waals surface area contributed by atoms with Crippen molar-refractivity contribution in [1.29, 1.82) is 0 Å². The molecule has 1 atom stereocenters. The number of thiazole rings is 1. The van der Waals surface area contributed by atoms with Gasteiger partial charge in [-0.1, -0.05) is 18.2 Å². The molecule has 19 heavy (non-hydrogen) atoms. The lowest BCUT2D eigenvalue weighted by atomic mass is 10.2. The van der Waals surface area contributed by atoms with E-state index in [4.69, 9.17) is 9.47 Å². The Labute approximate surface area is 116 Å². The number of nitrogens with zero attached hydrogens (tertiary/aromatic N) is 1. The Kier molecular flexibility index (Phi) is 4.90. The smallest absolute Gasteiger partial charge is 0.131 e. The van der Waals surface area contributed by atoms with E-state index >= 15 is 0 Å². The first-order valence-corrected chi connectivity index (χ1v) is 6.91. The Morgan fingerprint density at radius 3 is 2.89 bits per heavy atom. The zero-order valence-electron chi connectivity index (χ0n) is 11.0. The summed E-state index contributed by atoms with van der Waals surface area (Å²) < 4.78 is 10.9. The highest BCUT2D eigenvalue weighted by Gasteiger charge is 2.10. The first-order chi connectivity index (χ1) is 9.24. The maximum atomic E-state index is 9.21. The summed E-state index contributed by atoms with van der Waals surface area (Å²) >= 11 is 1.56. The third kappa shape index (κ3) is 3.53. The number of aliphatic hydroxyl groups excluding tert-OH is 1. The molecule has 0 saturated heterocycles. The Hall–Kier alpha value is -1.43. The van der Waals surface area contributed by atoms with Gasteiger partial charge in [0.25, 0.3) is 0 Å². The first kappa shape index (κ1) is 14.0. The second-order valence-corrected chi connectivity index (χ2v) is 5.00. The van der Waals surface area contributed by atoms with Gasteiger partial charge in [-0.25, -0.2) is 4.98 Å². The standard InChI is InChI=1S/C14H17NO3S/c1-10(17-2)14-15-12(9-19-14)8-18-13-6-4-3-5-11(13)7-16/h3-6,9-10,16H,7-8H2,1-2H3/t10-/m1/s1. The van der Waals surface area contributed by atoms with Crippen LogP contribution in [0.5, 0.6) is 5.75 Å². The van der Waals surface area contributed by atoms with E-state index in [0.29, 0.717) is 12.4 Å². The van der Waals surface area contributed by atoms with Gasteiger partial charge in [0.1, 0.15) is 23.5 Å². The molecule has 2 aromatic rings. The van der Waals surface area contributed by atoms with Gasteiger partial charge in [0.05, 0.1) is 12.3 Å². The number of benzene rings is 1. The van der Waals surface area contributed by atoms with Crippen LogP contribution in [0.1, 0.15) is 29.3 Å². The van der Waals surface area contributed by atoms with Crippen LogP contribution in [0.15, 0.2) is 29.6 Å². The van der Waals surface area contributed by atoms with Gasteiger partial charge >= 0.3 is 0 Å². The zero-order valence-corrected chi connectivity index (χ0v) is 11.8. The van der Waals surface area contributed by atoms with Crippen molar-refractivity contribution in [2.75, 3.05) is 7.11 Å². The summed E-state index contributed by atoms with van der Waals surface area (Å²) in [5.41, 5.74) is 1.65. The molecule has 0 bridgehead atoms. The number of ether oxygens (including phenoxy) is 2. The van der Waals surface area contributed by atoms with Gasteiger partial charge in [0.2, 0.25) is 0 Å². The van der Waals surface area contributed by atoms with Crippen LogP contribution in [0.2, 0.25) is 0 Å². The second-order valence-electron chi connectivity index (χ2n) is 4.11. The molecule has 5 heteroatoms. The number of aliphatic hydroxyl groups is 1. The molecule has 0 radical (unpaired) electrons. The van der Waals surface area contributed by atoms with Crippen LogP contribution < -0.4 is 4.74 Å². The average molecular weight is 279 g/mol. The van der Waals surface area contributed by atoms with Gasteiger partial charge < -0.3 is 14.6 Å². The topological polar surface area (TPSA) is 51.6 Å². The van der Waals surface area contributed by atoms with Crippen LogP contribution in [-0.4, -0.2) is 17.2 Å². The van der Waals surface area contributed by atoms with Gasteiger partial charge in [-0.3, -0.25) is 0 Å². The number of rotatable bonds is 6. The molecule has 1 aromatic carbocycles.